The number of hydrogen-bond acceptors (Lipinski definition) is 6. The van der Waals surface area contributed by atoms with Gasteiger partial charge in [-0.3, -0.25) is 19.3 Å². The summed E-state index contributed by atoms with van der Waals surface area (Å²) in [6, 6.07) is 10.1. The summed E-state index contributed by atoms with van der Waals surface area (Å²) in [6.07, 6.45) is -0.133. The van der Waals surface area contributed by atoms with Gasteiger partial charge in [-0.2, -0.15) is 4.91 Å². The number of halogens is 1. The number of nitrogens with zero attached hydrogens (tertiary/aromatic N) is 2. The van der Waals surface area contributed by atoms with E-state index in [1.807, 2.05) is 0 Å². The molecule has 2 N–H and O–H groups in total. The average Bonchev–Trinajstić information content (AvgIpc) is 3.17. The molecular weight excluding hydrogens is 405 g/mol. The van der Waals surface area contributed by atoms with E-state index in [-0.39, 0.29) is 23.3 Å². The summed E-state index contributed by atoms with van der Waals surface area (Å²) >= 11 is 0. The zero-order valence-corrected chi connectivity index (χ0v) is 16.5. The van der Waals surface area contributed by atoms with E-state index in [4.69, 9.17) is 10.5 Å². The smallest absolute Gasteiger partial charge is 0.257 e. The number of carbonyl (C=O) groups excluding carboxylic acids is 3. The number of methoxy groups -OCH3 is 1. The maximum absolute atomic E-state index is 15.0. The van der Waals surface area contributed by atoms with Crippen molar-refractivity contribution in [3.05, 3.63) is 64.3 Å². The van der Waals surface area contributed by atoms with E-state index in [0.29, 0.717) is 16.9 Å². The monoisotopic (exact) mass is 423 g/mol. The second-order valence-electron chi connectivity index (χ2n) is 7.35. The first-order chi connectivity index (χ1) is 14.8. The summed E-state index contributed by atoms with van der Waals surface area (Å²) in [4.78, 5) is 49.7. The Labute approximate surface area is 176 Å². The zero-order chi connectivity index (χ0) is 22.3. The molecule has 0 spiro atoms. The highest BCUT2D eigenvalue weighted by Gasteiger charge is 2.48. The Hall–Kier alpha value is -3.88. The Balaban J connectivity index is 1.72. The van der Waals surface area contributed by atoms with Gasteiger partial charge in [0.1, 0.15) is 17.6 Å². The number of primary amides is 1. The molecule has 2 aliphatic rings. The Morgan fingerprint density at radius 3 is 2.55 bits per heavy atom. The van der Waals surface area contributed by atoms with E-state index in [1.165, 1.54) is 19.2 Å². The molecule has 2 unspecified atom stereocenters. The van der Waals surface area contributed by atoms with E-state index < -0.39 is 41.9 Å². The van der Waals surface area contributed by atoms with Crippen LogP contribution in [0.3, 0.4) is 0 Å². The molecule has 4 rings (SSSR count). The van der Waals surface area contributed by atoms with Crippen LogP contribution < -0.4 is 15.4 Å². The lowest BCUT2D eigenvalue weighted by Crippen LogP contribution is -2.44. The average molecular weight is 423 g/mol. The van der Waals surface area contributed by atoms with Gasteiger partial charge in [-0.05, 0) is 41.8 Å². The molecule has 0 fully saturated rings. The second kappa shape index (κ2) is 7.75. The van der Waals surface area contributed by atoms with Crippen molar-refractivity contribution in [1.82, 2.24) is 0 Å². The van der Waals surface area contributed by atoms with Crippen molar-refractivity contribution in [1.29, 1.82) is 0 Å². The molecule has 1 aliphatic carbocycles. The van der Waals surface area contributed by atoms with Gasteiger partial charge in [0.25, 0.3) is 5.91 Å². The summed E-state index contributed by atoms with van der Waals surface area (Å²) in [5.74, 6) is -3.24. The number of nitroso groups, excluding NO2 is 1. The summed E-state index contributed by atoms with van der Waals surface area (Å²) in [7, 11) is 1.53. The third-order valence-corrected chi connectivity index (χ3v) is 5.62. The van der Waals surface area contributed by atoms with Gasteiger partial charge in [0, 0.05) is 5.57 Å². The van der Waals surface area contributed by atoms with Crippen LogP contribution in [0.15, 0.2) is 58.8 Å². The number of carbonyl (C=O) groups is 3. The quantitative estimate of drug-likeness (QED) is 0.741. The zero-order valence-electron chi connectivity index (χ0n) is 16.5. The number of benzene rings is 2. The van der Waals surface area contributed by atoms with Crippen molar-refractivity contribution in [2.24, 2.45) is 16.8 Å². The molecule has 31 heavy (non-hydrogen) atoms. The van der Waals surface area contributed by atoms with Gasteiger partial charge in [0.2, 0.25) is 5.91 Å². The second-order valence-corrected chi connectivity index (χ2v) is 7.35. The van der Waals surface area contributed by atoms with E-state index in [0.717, 1.165) is 4.90 Å². The first-order valence-electron chi connectivity index (χ1n) is 9.50. The highest BCUT2D eigenvalue weighted by molar-refractivity contribution is 6.22. The number of hydrogen-bond donors (Lipinski definition) is 1. The molecule has 1 heterocycles. The number of rotatable bonds is 5. The number of ketones is 1. The first kappa shape index (κ1) is 20.4. The minimum absolute atomic E-state index is 0.0771. The molecule has 0 bridgehead atoms. The van der Waals surface area contributed by atoms with Crippen LogP contribution >= 0.6 is 0 Å². The van der Waals surface area contributed by atoms with Crippen LogP contribution in [0.4, 0.5) is 10.1 Å². The van der Waals surface area contributed by atoms with Crippen LogP contribution in [0.2, 0.25) is 0 Å². The number of ether oxygens (including phenoxy) is 1. The molecule has 2 amide bonds. The molecule has 0 saturated carbocycles. The predicted molar refractivity (Wildman–Crippen MR) is 110 cm³/mol. The number of anilines is 1. The van der Waals surface area contributed by atoms with Crippen LogP contribution in [-0.4, -0.2) is 37.3 Å². The van der Waals surface area contributed by atoms with E-state index >= 15 is 4.39 Å². The molecule has 2 aromatic carbocycles. The predicted octanol–water partition coefficient (Wildman–Crippen LogP) is 2.35. The largest absolute Gasteiger partial charge is 0.497 e. The standard InChI is InChI=1S/C22H18FN3O5/c1-31-13-4-2-3-11(7-13)12-5-6-17(15(23)8-12)26-10-18(27)19-14(21(24)28)9-16(25-30)20(19)22(26)29/h2-8,14,16H,9-10H2,1H3,(H2,24,28). The number of Topliss-reactive ketones (excluding diaryl/α,β-unsaturated/α-hetero) is 1. The van der Waals surface area contributed by atoms with Crippen molar-refractivity contribution in [2.45, 2.75) is 12.5 Å². The summed E-state index contributed by atoms with van der Waals surface area (Å²) in [6.45, 7) is -0.456. The highest BCUT2D eigenvalue weighted by Crippen LogP contribution is 2.40. The van der Waals surface area contributed by atoms with Crippen LogP contribution in [-0.2, 0) is 14.4 Å². The van der Waals surface area contributed by atoms with Crippen LogP contribution in [0, 0.1) is 16.6 Å². The normalized spacial score (nSPS) is 20.6. The fraction of sp³-hybridized carbons (Fsp3) is 0.227. The molecule has 0 saturated heterocycles. The topological polar surface area (TPSA) is 119 Å². The summed E-state index contributed by atoms with van der Waals surface area (Å²) in [5.41, 5.74) is 6.23. The molecule has 0 aromatic heterocycles. The van der Waals surface area contributed by atoms with Crippen molar-refractivity contribution < 1.29 is 23.5 Å². The molecule has 1 aliphatic heterocycles. The van der Waals surface area contributed by atoms with Gasteiger partial charge in [0.05, 0.1) is 30.8 Å². The van der Waals surface area contributed by atoms with E-state index in [9.17, 15) is 19.3 Å². The molecule has 0 radical (unpaired) electrons. The minimum Gasteiger partial charge on any atom is -0.497 e. The molecule has 2 aromatic rings. The van der Waals surface area contributed by atoms with Gasteiger partial charge < -0.3 is 10.5 Å². The van der Waals surface area contributed by atoms with Gasteiger partial charge in [0.15, 0.2) is 5.78 Å². The Bertz CT molecular complexity index is 1160. The maximum atomic E-state index is 15.0. The van der Waals surface area contributed by atoms with Gasteiger partial charge in [-0.25, -0.2) is 4.39 Å². The fourth-order valence-corrected chi connectivity index (χ4v) is 4.13. The van der Waals surface area contributed by atoms with Crippen LogP contribution in [0.5, 0.6) is 5.75 Å². The number of nitrogens with two attached hydrogens (primary N) is 1. The fourth-order valence-electron chi connectivity index (χ4n) is 4.13. The first-order valence-corrected chi connectivity index (χ1v) is 9.50. The van der Waals surface area contributed by atoms with Crippen LogP contribution in [0.1, 0.15) is 6.42 Å². The highest BCUT2D eigenvalue weighted by atomic mass is 19.1. The number of amides is 2. The molecular formula is C22H18FN3O5. The molecule has 158 valence electrons. The van der Waals surface area contributed by atoms with Crippen molar-refractivity contribution in [3.63, 3.8) is 0 Å². The van der Waals surface area contributed by atoms with Gasteiger partial charge >= 0.3 is 0 Å². The molecule has 2 atom stereocenters. The van der Waals surface area contributed by atoms with Crippen molar-refractivity contribution in [2.75, 3.05) is 18.6 Å². The van der Waals surface area contributed by atoms with Gasteiger partial charge in [-0.1, -0.05) is 23.4 Å². The van der Waals surface area contributed by atoms with E-state index in [1.54, 1.807) is 30.3 Å². The minimum atomic E-state index is -1.18. The SMILES string of the molecule is COc1cccc(-c2ccc(N3CC(=O)C4=C(C3=O)C(N=O)CC4C(N)=O)c(F)c2)c1. The molecule has 8 nitrogen and oxygen atoms in total. The Morgan fingerprint density at radius 1 is 1.16 bits per heavy atom. The van der Waals surface area contributed by atoms with Gasteiger partial charge in [-0.15, -0.1) is 0 Å². The summed E-state index contributed by atoms with van der Waals surface area (Å²) < 4.78 is 20.2. The van der Waals surface area contributed by atoms with Crippen molar-refractivity contribution in [3.8, 4) is 16.9 Å². The maximum Gasteiger partial charge on any atom is 0.257 e. The third-order valence-electron chi connectivity index (χ3n) is 5.62. The summed E-state index contributed by atoms with van der Waals surface area (Å²) in [5, 5.41) is 2.89. The Morgan fingerprint density at radius 2 is 1.90 bits per heavy atom. The van der Waals surface area contributed by atoms with Crippen LogP contribution in [0.25, 0.3) is 11.1 Å². The Kier molecular flexibility index (Phi) is 5.10. The van der Waals surface area contributed by atoms with Crippen molar-refractivity contribution >= 4 is 23.3 Å². The lowest BCUT2D eigenvalue weighted by atomic mass is 9.92. The third kappa shape index (κ3) is 3.37. The molecule has 9 heteroatoms. The van der Waals surface area contributed by atoms with E-state index in [2.05, 4.69) is 5.18 Å². The lowest BCUT2D eigenvalue weighted by Gasteiger charge is -2.29. The lowest BCUT2D eigenvalue weighted by molar-refractivity contribution is -0.124.